The molecule has 0 saturated carbocycles. The first-order valence-electron chi connectivity index (χ1n) is 9.44. The molecule has 0 unspecified atom stereocenters. The summed E-state index contributed by atoms with van der Waals surface area (Å²) in [6, 6.07) is 13.2. The molecule has 0 aromatic heterocycles. The summed E-state index contributed by atoms with van der Waals surface area (Å²) in [7, 11) is 0. The van der Waals surface area contributed by atoms with Crippen LogP contribution in [0.1, 0.15) is 30.9 Å². The highest BCUT2D eigenvalue weighted by Gasteiger charge is 2.26. The first-order chi connectivity index (χ1) is 13.8. The van der Waals surface area contributed by atoms with Crippen LogP contribution in [0.5, 0.6) is 0 Å². The van der Waals surface area contributed by atoms with E-state index in [1.165, 1.54) is 31.2 Å². The second-order valence-corrected chi connectivity index (χ2v) is 6.86. The molecule has 0 radical (unpaired) electrons. The Balaban J connectivity index is 1.98. The minimum absolute atomic E-state index is 0.127. The van der Waals surface area contributed by atoms with E-state index in [9.17, 15) is 23.9 Å². The fraction of sp³-hybridized carbons (Fsp3) is 0.318. The Hall–Kier alpha value is -3.22. The third-order valence-electron chi connectivity index (χ3n) is 4.46. The number of rotatable bonds is 10. The molecule has 0 bridgehead atoms. The monoisotopic (exact) mass is 400 g/mol. The van der Waals surface area contributed by atoms with Gasteiger partial charge in [0.1, 0.15) is 17.9 Å². The van der Waals surface area contributed by atoms with Crippen molar-refractivity contribution in [1.82, 2.24) is 10.6 Å². The van der Waals surface area contributed by atoms with Gasteiger partial charge in [0.2, 0.25) is 11.8 Å². The average molecular weight is 400 g/mol. The minimum atomic E-state index is -1.13. The topological polar surface area (TPSA) is 95.5 Å². The number of carbonyl (C=O) groups excluding carboxylic acids is 2. The predicted octanol–water partition coefficient (Wildman–Crippen LogP) is 2.47. The largest absolute Gasteiger partial charge is 0.480 e. The molecule has 0 aliphatic heterocycles. The standard InChI is InChI=1S/C22H25FN2O4/c1-15(26)24-20(14-17-10-12-18(23)13-11-17)21(27)25-19(22(28)29)9-5-8-16-6-3-2-4-7-16/h2-4,6-7,10-13,19-20H,5,8-9,14H2,1H3,(H,24,26)(H,25,27)(H,28,29)/t19-,20-/m1/s1. The first kappa shape index (κ1) is 22.1. The lowest BCUT2D eigenvalue weighted by Gasteiger charge is -2.21. The van der Waals surface area contributed by atoms with E-state index in [2.05, 4.69) is 10.6 Å². The zero-order chi connectivity index (χ0) is 21.2. The van der Waals surface area contributed by atoms with Gasteiger partial charge in [-0.2, -0.15) is 0 Å². The molecule has 0 aliphatic carbocycles. The Morgan fingerprint density at radius 1 is 0.931 bits per heavy atom. The molecular weight excluding hydrogens is 375 g/mol. The van der Waals surface area contributed by atoms with E-state index in [1.807, 2.05) is 30.3 Å². The lowest BCUT2D eigenvalue weighted by atomic mass is 10.0. The number of hydrogen-bond acceptors (Lipinski definition) is 3. The zero-order valence-corrected chi connectivity index (χ0v) is 16.2. The zero-order valence-electron chi connectivity index (χ0n) is 16.2. The van der Waals surface area contributed by atoms with Crippen molar-refractivity contribution in [2.45, 2.75) is 44.7 Å². The van der Waals surface area contributed by atoms with Gasteiger partial charge in [-0.15, -0.1) is 0 Å². The molecule has 2 aromatic rings. The Kier molecular flexibility index (Phi) is 8.33. The highest BCUT2D eigenvalue weighted by Crippen LogP contribution is 2.09. The van der Waals surface area contributed by atoms with Gasteiger partial charge in [-0.05, 0) is 42.5 Å². The van der Waals surface area contributed by atoms with Crippen molar-refractivity contribution in [3.63, 3.8) is 0 Å². The van der Waals surface area contributed by atoms with Crippen LogP contribution in [0.2, 0.25) is 0 Å². The summed E-state index contributed by atoms with van der Waals surface area (Å²) in [5.74, 6) is -2.53. The molecule has 2 atom stereocenters. The van der Waals surface area contributed by atoms with Crippen molar-refractivity contribution >= 4 is 17.8 Å². The summed E-state index contributed by atoms with van der Waals surface area (Å²) in [5, 5.41) is 14.5. The number of hydrogen-bond donors (Lipinski definition) is 3. The molecular formula is C22H25FN2O4. The fourth-order valence-corrected chi connectivity index (χ4v) is 3.00. The van der Waals surface area contributed by atoms with Gasteiger partial charge in [0, 0.05) is 13.3 Å². The number of benzene rings is 2. The Labute approximate surface area is 169 Å². The maximum absolute atomic E-state index is 13.1. The summed E-state index contributed by atoms with van der Waals surface area (Å²) in [6.45, 7) is 1.28. The van der Waals surface area contributed by atoms with Gasteiger partial charge in [0.15, 0.2) is 0 Å². The van der Waals surface area contributed by atoms with E-state index in [0.717, 1.165) is 5.56 Å². The van der Waals surface area contributed by atoms with Gasteiger partial charge >= 0.3 is 5.97 Å². The van der Waals surface area contributed by atoms with E-state index < -0.39 is 35.7 Å². The molecule has 7 heteroatoms. The molecule has 3 N–H and O–H groups in total. The molecule has 2 rings (SSSR count). The minimum Gasteiger partial charge on any atom is -0.480 e. The first-order valence-corrected chi connectivity index (χ1v) is 9.44. The number of carboxylic acid groups (broad SMARTS) is 1. The highest BCUT2D eigenvalue weighted by molar-refractivity contribution is 5.90. The molecule has 6 nitrogen and oxygen atoms in total. The Morgan fingerprint density at radius 2 is 1.59 bits per heavy atom. The number of aryl methyl sites for hydroxylation is 1. The maximum Gasteiger partial charge on any atom is 0.326 e. The number of halogens is 1. The number of carbonyl (C=O) groups is 3. The van der Waals surface area contributed by atoms with Gasteiger partial charge < -0.3 is 15.7 Å². The molecule has 154 valence electrons. The van der Waals surface area contributed by atoms with E-state index in [-0.39, 0.29) is 12.8 Å². The van der Waals surface area contributed by atoms with Crippen LogP contribution >= 0.6 is 0 Å². The van der Waals surface area contributed by atoms with Crippen LogP contribution in [0.3, 0.4) is 0 Å². The SMILES string of the molecule is CC(=O)N[C@H](Cc1ccc(F)cc1)C(=O)N[C@H](CCCc1ccccc1)C(=O)O. The van der Waals surface area contributed by atoms with Gasteiger partial charge in [0.05, 0.1) is 0 Å². The third-order valence-corrected chi connectivity index (χ3v) is 4.46. The molecule has 0 fully saturated rings. The van der Waals surface area contributed by atoms with Crippen LogP contribution in [0.25, 0.3) is 0 Å². The van der Waals surface area contributed by atoms with Gasteiger partial charge in [-0.25, -0.2) is 9.18 Å². The Bertz CT molecular complexity index is 824. The summed E-state index contributed by atoms with van der Waals surface area (Å²) in [5.41, 5.74) is 1.74. The quantitative estimate of drug-likeness (QED) is 0.571. The predicted molar refractivity (Wildman–Crippen MR) is 107 cm³/mol. The Morgan fingerprint density at radius 3 is 2.17 bits per heavy atom. The molecule has 2 amide bonds. The van der Waals surface area contributed by atoms with Crippen LogP contribution in [-0.2, 0) is 27.2 Å². The van der Waals surface area contributed by atoms with Crippen molar-refractivity contribution in [3.05, 3.63) is 71.5 Å². The highest BCUT2D eigenvalue weighted by atomic mass is 19.1. The molecule has 29 heavy (non-hydrogen) atoms. The van der Waals surface area contributed by atoms with Crippen molar-refractivity contribution in [2.24, 2.45) is 0 Å². The summed E-state index contributed by atoms with van der Waals surface area (Å²) < 4.78 is 13.1. The van der Waals surface area contributed by atoms with Crippen LogP contribution in [0, 0.1) is 5.82 Å². The van der Waals surface area contributed by atoms with Crippen molar-refractivity contribution in [1.29, 1.82) is 0 Å². The second-order valence-electron chi connectivity index (χ2n) is 6.86. The number of carboxylic acids is 1. The van der Waals surface area contributed by atoms with Crippen molar-refractivity contribution in [2.75, 3.05) is 0 Å². The molecule has 0 heterocycles. The average Bonchev–Trinajstić information content (AvgIpc) is 2.68. The lowest BCUT2D eigenvalue weighted by molar-refractivity contribution is -0.142. The fourth-order valence-electron chi connectivity index (χ4n) is 3.00. The van der Waals surface area contributed by atoms with E-state index in [0.29, 0.717) is 18.4 Å². The van der Waals surface area contributed by atoms with Gasteiger partial charge in [-0.3, -0.25) is 9.59 Å². The van der Waals surface area contributed by atoms with Gasteiger partial charge in [0.25, 0.3) is 0 Å². The van der Waals surface area contributed by atoms with Crippen molar-refractivity contribution < 1.29 is 23.9 Å². The molecule has 0 aliphatic rings. The number of nitrogens with one attached hydrogen (secondary N) is 2. The van der Waals surface area contributed by atoms with Crippen LogP contribution in [-0.4, -0.2) is 35.0 Å². The second kappa shape index (κ2) is 10.9. The van der Waals surface area contributed by atoms with E-state index >= 15 is 0 Å². The third kappa shape index (κ3) is 7.73. The summed E-state index contributed by atoms with van der Waals surface area (Å²) in [6.07, 6.45) is 1.68. The molecule has 2 aromatic carbocycles. The van der Waals surface area contributed by atoms with Gasteiger partial charge in [-0.1, -0.05) is 42.5 Å². The maximum atomic E-state index is 13.1. The molecule has 0 spiro atoms. The summed E-state index contributed by atoms with van der Waals surface area (Å²) in [4.78, 5) is 35.7. The summed E-state index contributed by atoms with van der Waals surface area (Å²) >= 11 is 0. The lowest BCUT2D eigenvalue weighted by Crippen LogP contribution is -2.52. The van der Waals surface area contributed by atoms with E-state index in [4.69, 9.17) is 0 Å². The smallest absolute Gasteiger partial charge is 0.326 e. The number of aliphatic carboxylic acids is 1. The van der Waals surface area contributed by atoms with Crippen LogP contribution in [0.4, 0.5) is 4.39 Å². The van der Waals surface area contributed by atoms with Crippen LogP contribution < -0.4 is 10.6 Å². The molecule has 0 saturated heterocycles. The van der Waals surface area contributed by atoms with Crippen molar-refractivity contribution in [3.8, 4) is 0 Å². The normalized spacial score (nSPS) is 12.6. The number of amides is 2. The van der Waals surface area contributed by atoms with E-state index in [1.54, 1.807) is 0 Å². The van der Waals surface area contributed by atoms with Crippen LogP contribution in [0.15, 0.2) is 54.6 Å².